The van der Waals surface area contributed by atoms with Crippen molar-refractivity contribution >= 4 is 39.2 Å². The molecular formula is C14H16N4O2S. The second-order valence-corrected chi connectivity index (χ2v) is 6.25. The van der Waals surface area contributed by atoms with E-state index in [4.69, 9.17) is 0 Å². The number of hydrogen-bond acceptors (Lipinski definition) is 6. The van der Waals surface area contributed by atoms with Crippen molar-refractivity contribution in [2.45, 2.75) is 26.7 Å². The largest absolute Gasteiger partial charge is 0.368 e. The number of hydrogen-bond donors (Lipinski definition) is 1. The number of aryl methyl sites for hydroxylation is 2. The normalized spacial score (nSPS) is 15.2. The Hall–Kier alpha value is -2.02. The topological polar surface area (TPSA) is 75.2 Å². The van der Waals surface area contributed by atoms with Crippen LogP contribution < -0.4 is 5.32 Å². The van der Waals surface area contributed by atoms with Crippen molar-refractivity contribution in [2.24, 2.45) is 0 Å². The summed E-state index contributed by atoms with van der Waals surface area (Å²) in [5.41, 5.74) is 1.17. The molecule has 0 atom stereocenters. The molecule has 3 rings (SSSR count). The fraction of sp³-hybridized carbons (Fsp3) is 0.429. The van der Waals surface area contributed by atoms with Crippen LogP contribution in [-0.4, -0.2) is 39.8 Å². The van der Waals surface area contributed by atoms with Gasteiger partial charge in [-0.3, -0.25) is 14.5 Å². The number of anilines is 1. The van der Waals surface area contributed by atoms with E-state index >= 15 is 0 Å². The second kappa shape index (κ2) is 5.40. The molecule has 1 saturated heterocycles. The van der Waals surface area contributed by atoms with Crippen LogP contribution in [0.4, 0.5) is 5.82 Å². The van der Waals surface area contributed by atoms with Gasteiger partial charge in [-0.1, -0.05) is 0 Å². The maximum atomic E-state index is 11.6. The fourth-order valence-corrected chi connectivity index (χ4v) is 3.47. The highest BCUT2D eigenvalue weighted by Crippen LogP contribution is 2.32. The average Bonchev–Trinajstić information content (AvgIpc) is 2.93. The van der Waals surface area contributed by atoms with E-state index in [9.17, 15) is 9.59 Å². The molecule has 2 aromatic rings. The van der Waals surface area contributed by atoms with Crippen molar-refractivity contribution < 1.29 is 9.59 Å². The highest BCUT2D eigenvalue weighted by molar-refractivity contribution is 7.18. The van der Waals surface area contributed by atoms with Crippen molar-refractivity contribution in [3.63, 3.8) is 0 Å². The molecule has 1 aliphatic heterocycles. The van der Waals surface area contributed by atoms with Crippen LogP contribution in [0.5, 0.6) is 0 Å². The number of amides is 2. The van der Waals surface area contributed by atoms with E-state index in [-0.39, 0.29) is 11.8 Å². The van der Waals surface area contributed by atoms with E-state index in [2.05, 4.69) is 29.1 Å². The molecule has 0 saturated carbocycles. The Morgan fingerprint density at radius 1 is 1.24 bits per heavy atom. The zero-order valence-electron chi connectivity index (χ0n) is 12.0. The SMILES string of the molecule is Cc1sc2ncnc(NCCN3C(=O)CCC3=O)c2c1C. The molecule has 0 bridgehead atoms. The molecule has 21 heavy (non-hydrogen) atoms. The highest BCUT2D eigenvalue weighted by Gasteiger charge is 2.28. The van der Waals surface area contributed by atoms with Gasteiger partial charge in [-0.2, -0.15) is 0 Å². The number of imide groups is 1. The molecule has 110 valence electrons. The molecule has 1 aliphatic rings. The lowest BCUT2D eigenvalue weighted by atomic mass is 10.2. The van der Waals surface area contributed by atoms with E-state index < -0.39 is 0 Å². The molecular weight excluding hydrogens is 288 g/mol. The predicted octanol–water partition coefficient (Wildman–Crippen LogP) is 1.87. The van der Waals surface area contributed by atoms with Crippen LogP contribution in [0.15, 0.2) is 6.33 Å². The van der Waals surface area contributed by atoms with Gasteiger partial charge in [0.15, 0.2) is 0 Å². The molecule has 0 aromatic carbocycles. The predicted molar refractivity (Wildman–Crippen MR) is 81.3 cm³/mol. The van der Waals surface area contributed by atoms with Crippen LogP contribution in [0.1, 0.15) is 23.3 Å². The molecule has 3 heterocycles. The number of carbonyl (C=O) groups is 2. The third-order valence-corrected chi connectivity index (χ3v) is 4.86. The van der Waals surface area contributed by atoms with Crippen LogP contribution in [-0.2, 0) is 9.59 Å². The summed E-state index contributed by atoms with van der Waals surface area (Å²) in [5.74, 6) is 0.593. The molecule has 7 heteroatoms. The van der Waals surface area contributed by atoms with Crippen molar-refractivity contribution in [3.8, 4) is 0 Å². The van der Waals surface area contributed by atoms with Gasteiger partial charge in [0.2, 0.25) is 11.8 Å². The average molecular weight is 304 g/mol. The van der Waals surface area contributed by atoms with Crippen molar-refractivity contribution in [2.75, 3.05) is 18.4 Å². The van der Waals surface area contributed by atoms with Crippen LogP contribution in [0.3, 0.4) is 0 Å². The van der Waals surface area contributed by atoms with E-state index in [1.54, 1.807) is 11.3 Å². The summed E-state index contributed by atoms with van der Waals surface area (Å²) in [6.07, 6.45) is 2.20. The van der Waals surface area contributed by atoms with Crippen molar-refractivity contribution in [1.29, 1.82) is 0 Å². The van der Waals surface area contributed by atoms with Gasteiger partial charge in [0.05, 0.1) is 5.39 Å². The lowest BCUT2D eigenvalue weighted by molar-refractivity contribution is -0.138. The molecule has 0 radical (unpaired) electrons. The van der Waals surface area contributed by atoms with Crippen molar-refractivity contribution in [1.82, 2.24) is 14.9 Å². The number of rotatable bonds is 4. The standard InChI is InChI=1S/C14H16N4O2S/c1-8-9(2)21-14-12(8)13(16-7-17-14)15-5-6-18-10(19)3-4-11(18)20/h7H,3-6H2,1-2H3,(H,15,16,17). The molecule has 2 aromatic heterocycles. The molecule has 1 N–H and O–H groups in total. The summed E-state index contributed by atoms with van der Waals surface area (Å²) < 4.78 is 0. The number of fused-ring (bicyclic) bond motifs is 1. The first-order chi connectivity index (χ1) is 10.1. The maximum absolute atomic E-state index is 11.6. The smallest absolute Gasteiger partial charge is 0.229 e. The molecule has 0 unspecified atom stereocenters. The summed E-state index contributed by atoms with van der Waals surface area (Å²) in [6.45, 7) is 4.99. The Balaban J connectivity index is 1.74. The first-order valence-corrected chi connectivity index (χ1v) is 7.67. The first kappa shape index (κ1) is 13.9. The lowest BCUT2D eigenvalue weighted by Crippen LogP contribution is -2.33. The number of carbonyl (C=O) groups excluding carboxylic acids is 2. The zero-order chi connectivity index (χ0) is 15.0. The Labute approximate surface area is 126 Å². The summed E-state index contributed by atoms with van der Waals surface area (Å²) in [7, 11) is 0. The third kappa shape index (κ3) is 2.49. The number of thiophene rings is 1. The molecule has 0 aliphatic carbocycles. The quantitative estimate of drug-likeness (QED) is 0.873. The number of nitrogens with zero attached hydrogens (tertiary/aromatic N) is 3. The van der Waals surface area contributed by atoms with Crippen LogP contribution >= 0.6 is 11.3 Å². The van der Waals surface area contributed by atoms with Crippen LogP contribution in [0, 0.1) is 13.8 Å². The van der Waals surface area contributed by atoms with Gasteiger partial charge in [-0.25, -0.2) is 9.97 Å². The highest BCUT2D eigenvalue weighted by atomic mass is 32.1. The third-order valence-electron chi connectivity index (χ3n) is 3.75. The Kier molecular flexibility index (Phi) is 3.59. The monoisotopic (exact) mass is 304 g/mol. The van der Waals surface area contributed by atoms with Crippen LogP contribution in [0.25, 0.3) is 10.2 Å². The number of aromatic nitrogens is 2. The van der Waals surface area contributed by atoms with Gasteiger partial charge in [0, 0.05) is 30.8 Å². The minimum absolute atomic E-state index is 0.0859. The van der Waals surface area contributed by atoms with Gasteiger partial charge in [-0.05, 0) is 19.4 Å². The zero-order valence-corrected chi connectivity index (χ0v) is 12.8. The Morgan fingerprint density at radius 2 is 1.95 bits per heavy atom. The van der Waals surface area contributed by atoms with E-state index in [0.717, 1.165) is 16.0 Å². The summed E-state index contributed by atoms with van der Waals surface area (Å²) >= 11 is 1.64. The maximum Gasteiger partial charge on any atom is 0.229 e. The van der Waals surface area contributed by atoms with Gasteiger partial charge < -0.3 is 5.32 Å². The summed E-state index contributed by atoms with van der Waals surface area (Å²) in [4.78, 5) is 35.2. The summed E-state index contributed by atoms with van der Waals surface area (Å²) in [6, 6.07) is 0. The Bertz CT molecular complexity index is 709. The number of nitrogens with one attached hydrogen (secondary N) is 1. The molecule has 2 amide bonds. The van der Waals surface area contributed by atoms with E-state index in [1.807, 2.05) is 0 Å². The van der Waals surface area contributed by atoms with Crippen LogP contribution in [0.2, 0.25) is 0 Å². The van der Waals surface area contributed by atoms with E-state index in [1.165, 1.54) is 21.7 Å². The van der Waals surface area contributed by atoms with Gasteiger partial charge >= 0.3 is 0 Å². The Morgan fingerprint density at radius 3 is 2.67 bits per heavy atom. The van der Waals surface area contributed by atoms with Gasteiger partial charge in [0.1, 0.15) is 17.0 Å². The van der Waals surface area contributed by atoms with E-state index in [0.29, 0.717) is 25.9 Å². The molecule has 0 spiro atoms. The van der Waals surface area contributed by atoms with Crippen molar-refractivity contribution in [3.05, 3.63) is 16.8 Å². The lowest BCUT2D eigenvalue weighted by Gasteiger charge is -2.14. The minimum Gasteiger partial charge on any atom is -0.368 e. The van der Waals surface area contributed by atoms with Gasteiger partial charge in [0.25, 0.3) is 0 Å². The molecule has 6 nitrogen and oxygen atoms in total. The minimum atomic E-state index is -0.0859. The fourth-order valence-electron chi connectivity index (χ4n) is 2.47. The summed E-state index contributed by atoms with van der Waals surface area (Å²) in [5, 5.41) is 4.25. The molecule has 1 fully saturated rings. The number of likely N-dealkylation sites (tertiary alicyclic amines) is 1. The second-order valence-electron chi connectivity index (χ2n) is 5.05. The first-order valence-electron chi connectivity index (χ1n) is 6.85. The van der Waals surface area contributed by atoms with Gasteiger partial charge in [-0.15, -0.1) is 11.3 Å².